The first-order valence-corrected chi connectivity index (χ1v) is 5.69. The molecule has 111 valence electrons. The fourth-order valence-electron chi connectivity index (χ4n) is 2.03. The van der Waals surface area contributed by atoms with E-state index >= 15 is 0 Å². The minimum absolute atomic E-state index is 0. The number of alkyl halides is 3. The Bertz CT molecular complexity index is 780. The molecule has 7 heteroatoms. The Morgan fingerprint density at radius 1 is 1.10 bits per heavy atom. The van der Waals surface area contributed by atoms with Gasteiger partial charge < -0.3 is 0 Å². The normalized spacial score (nSPS) is 11.4. The van der Waals surface area contributed by atoms with Gasteiger partial charge in [-0.1, -0.05) is 18.2 Å². The zero-order chi connectivity index (χ0) is 14.3. The van der Waals surface area contributed by atoms with Crippen LogP contribution in [0.15, 0.2) is 42.5 Å². The van der Waals surface area contributed by atoms with E-state index in [1.54, 1.807) is 6.07 Å². The van der Waals surface area contributed by atoms with Crippen molar-refractivity contribution in [1.29, 1.82) is 0 Å². The van der Waals surface area contributed by atoms with Gasteiger partial charge in [0.05, 0.1) is 5.52 Å². The van der Waals surface area contributed by atoms with E-state index in [9.17, 15) is 17.6 Å². The molecule has 3 rings (SSSR count). The molecule has 0 N–H and O–H groups in total. The molecule has 0 aliphatic carbocycles. The van der Waals surface area contributed by atoms with E-state index < -0.39 is 17.7 Å². The van der Waals surface area contributed by atoms with Gasteiger partial charge in [0.2, 0.25) is 0 Å². The van der Waals surface area contributed by atoms with Crippen LogP contribution < -0.4 is 0 Å². The number of rotatable bonds is 1. The molecule has 1 aromatic heterocycles. The number of benzene rings is 2. The third kappa shape index (κ3) is 2.84. The van der Waals surface area contributed by atoms with Crippen molar-refractivity contribution in [2.24, 2.45) is 0 Å². The van der Waals surface area contributed by atoms with Crippen molar-refractivity contribution in [2.75, 3.05) is 0 Å². The van der Waals surface area contributed by atoms with Gasteiger partial charge in [0.15, 0.2) is 5.69 Å². The zero-order valence-corrected chi connectivity index (χ0v) is 12.7. The summed E-state index contributed by atoms with van der Waals surface area (Å²) in [5, 5.41) is 3.86. The molecule has 0 saturated heterocycles. The van der Waals surface area contributed by atoms with E-state index in [0.717, 1.165) is 12.1 Å². The van der Waals surface area contributed by atoms with Crippen LogP contribution in [0.5, 0.6) is 0 Å². The molecule has 0 spiro atoms. The molecule has 3 aromatic rings. The first-order valence-electron chi connectivity index (χ1n) is 5.69. The van der Waals surface area contributed by atoms with E-state index in [-0.39, 0.29) is 36.7 Å². The van der Waals surface area contributed by atoms with E-state index in [0.29, 0.717) is 4.68 Å². The molecule has 0 bridgehead atoms. The van der Waals surface area contributed by atoms with E-state index in [4.69, 9.17) is 0 Å². The summed E-state index contributed by atoms with van der Waals surface area (Å²) in [5.41, 5.74) is -0.832. The first kappa shape index (κ1) is 15.7. The van der Waals surface area contributed by atoms with Gasteiger partial charge in [-0.15, -0.1) is 12.1 Å². The van der Waals surface area contributed by atoms with Crippen LogP contribution in [0.3, 0.4) is 0 Å². The SMILES string of the molecule is Fc1cc[c-]c(-n2nc3ccccc3c2C(F)(F)F)c1.[Ir]. The topological polar surface area (TPSA) is 17.8 Å². The van der Waals surface area contributed by atoms with Gasteiger partial charge in [-0.3, -0.25) is 4.68 Å². The number of aromatic nitrogens is 2. The van der Waals surface area contributed by atoms with Gasteiger partial charge in [-0.05, 0) is 11.8 Å². The fraction of sp³-hybridized carbons (Fsp3) is 0.0714. The minimum Gasteiger partial charge on any atom is -0.252 e. The van der Waals surface area contributed by atoms with E-state index in [1.165, 1.54) is 24.3 Å². The summed E-state index contributed by atoms with van der Waals surface area (Å²) in [6.07, 6.45) is -4.60. The average molecular weight is 471 g/mol. The molecular weight excluding hydrogens is 464 g/mol. The summed E-state index contributed by atoms with van der Waals surface area (Å²) in [4.78, 5) is 0. The maximum absolute atomic E-state index is 13.2. The molecule has 0 unspecified atom stereocenters. The summed E-state index contributed by atoms with van der Waals surface area (Å²) in [6.45, 7) is 0. The quantitative estimate of drug-likeness (QED) is 0.388. The van der Waals surface area contributed by atoms with Crippen LogP contribution in [0.2, 0.25) is 0 Å². The van der Waals surface area contributed by atoms with Gasteiger partial charge in [0.1, 0.15) is 0 Å². The summed E-state index contributed by atoms with van der Waals surface area (Å²) in [7, 11) is 0. The van der Waals surface area contributed by atoms with Crippen LogP contribution in [0.25, 0.3) is 16.6 Å². The molecule has 0 amide bonds. The largest absolute Gasteiger partial charge is 0.434 e. The van der Waals surface area contributed by atoms with Crippen molar-refractivity contribution in [3.63, 3.8) is 0 Å². The molecular formula is C14H7F4IrN2-. The Kier molecular flexibility index (Phi) is 4.16. The van der Waals surface area contributed by atoms with Crippen LogP contribution in [0.1, 0.15) is 5.69 Å². The third-order valence-corrected chi connectivity index (χ3v) is 2.82. The standard InChI is InChI=1S/C14H7F4N2.Ir/c15-9-4-3-5-10(8-9)20-13(14(16,17)18)11-6-1-2-7-12(11)19-20;/h1-4,6-8H;/q-1;. The predicted molar refractivity (Wildman–Crippen MR) is 64.9 cm³/mol. The van der Waals surface area contributed by atoms with Gasteiger partial charge in [0.25, 0.3) is 0 Å². The molecule has 2 aromatic carbocycles. The van der Waals surface area contributed by atoms with Crippen LogP contribution in [-0.4, -0.2) is 9.78 Å². The summed E-state index contributed by atoms with van der Waals surface area (Å²) < 4.78 is 53.6. The molecule has 0 aliphatic heterocycles. The Hall–Kier alpha value is -1.72. The Labute approximate surface area is 130 Å². The molecule has 0 atom stereocenters. The second-order valence-electron chi connectivity index (χ2n) is 4.17. The predicted octanol–water partition coefficient (Wildman–Crippen LogP) is 3.98. The smallest absolute Gasteiger partial charge is 0.252 e. The average Bonchev–Trinajstić information content (AvgIpc) is 2.77. The minimum atomic E-state index is -4.60. The van der Waals surface area contributed by atoms with Crippen molar-refractivity contribution >= 4 is 10.9 Å². The number of hydrogen-bond acceptors (Lipinski definition) is 1. The molecule has 0 aliphatic rings. The van der Waals surface area contributed by atoms with E-state index in [2.05, 4.69) is 11.2 Å². The van der Waals surface area contributed by atoms with E-state index in [1.807, 2.05) is 0 Å². The monoisotopic (exact) mass is 472 g/mol. The summed E-state index contributed by atoms with van der Waals surface area (Å²) >= 11 is 0. The molecule has 21 heavy (non-hydrogen) atoms. The fourth-order valence-corrected chi connectivity index (χ4v) is 2.03. The van der Waals surface area contributed by atoms with Crippen molar-refractivity contribution < 1.29 is 37.7 Å². The van der Waals surface area contributed by atoms with Gasteiger partial charge in [-0.25, -0.2) is 4.39 Å². The number of halogens is 4. The maximum Gasteiger partial charge on any atom is 0.434 e. The van der Waals surface area contributed by atoms with Crippen molar-refractivity contribution in [3.8, 4) is 5.69 Å². The maximum atomic E-state index is 13.2. The molecule has 2 nitrogen and oxygen atoms in total. The van der Waals surface area contributed by atoms with Gasteiger partial charge in [0, 0.05) is 31.3 Å². The number of hydrogen-bond donors (Lipinski definition) is 0. The molecule has 0 saturated carbocycles. The first-order chi connectivity index (χ1) is 9.47. The Balaban J connectivity index is 0.00000161. The second kappa shape index (κ2) is 5.58. The molecule has 0 fully saturated rings. The number of nitrogens with zero attached hydrogens (tertiary/aromatic N) is 2. The summed E-state index contributed by atoms with van der Waals surface area (Å²) in [5.74, 6) is -0.647. The van der Waals surface area contributed by atoms with Crippen LogP contribution in [0, 0.1) is 11.9 Å². The van der Waals surface area contributed by atoms with Crippen LogP contribution >= 0.6 is 0 Å². The van der Waals surface area contributed by atoms with Crippen LogP contribution in [-0.2, 0) is 26.3 Å². The Morgan fingerprint density at radius 3 is 2.48 bits per heavy atom. The Morgan fingerprint density at radius 2 is 1.81 bits per heavy atom. The number of fused-ring (bicyclic) bond motifs is 1. The van der Waals surface area contributed by atoms with Crippen molar-refractivity contribution in [2.45, 2.75) is 6.18 Å². The zero-order valence-electron chi connectivity index (χ0n) is 10.3. The second-order valence-corrected chi connectivity index (χ2v) is 4.17. The van der Waals surface area contributed by atoms with Gasteiger partial charge >= 0.3 is 6.18 Å². The third-order valence-electron chi connectivity index (χ3n) is 2.82. The summed E-state index contributed by atoms with van der Waals surface area (Å²) in [6, 6.07) is 11.7. The molecule has 1 radical (unpaired) electrons. The van der Waals surface area contributed by atoms with Crippen molar-refractivity contribution in [3.05, 3.63) is 60.0 Å². The van der Waals surface area contributed by atoms with Crippen LogP contribution in [0.4, 0.5) is 17.6 Å². The molecule has 1 heterocycles. The van der Waals surface area contributed by atoms with Gasteiger partial charge in [-0.2, -0.15) is 30.4 Å². The van der Waals surface area contributed by atoms with Crippen molar-refractivity contribution in [1.82, 2.24) is 9.78 Å².